The summed E-state index contributed by atoms with van der Waals surface area (Å²) in [6.07, 6.45) is 1.72. The van der Waals surface area contributed by atoms with Crippen LogP contribution in [0.3, 0.4) is 0 Å². The monoisotopic (exact) mass is 377 g/mol. The molecule has 0 spiro atoms. The van der Waals surface area contributed by atoms with E-state index in [0.29, 0.717) is 43.3 Å². The van der Waals surface area contributed by atoms with Gasteiger partial charge in [-0.15, -0.1) is 0 Å². The molecule has 0 aromatic carbocycles. The molecule has 1 saturated carbocycles. The van der Waals surface area contributed by atoms with E-state index in [1.165, 1.54) is 13.2 Å². The highest BCUT2D eigenvalue weighted by Gasteiger charge is 2.54. The first-order valence-corrected chi connectivity index (χ1v) is 9.58. The van der Waals surface area contributed by atoms with Crippen molar-refractivity contribution < 1.29 is 19.0 Å². The average molecular weight is 377 g/mol. The second-order valence-corrected chi connectivity index (χ2v) is 7.43. The Morgan fingerprint density at radius 3 is 3.04 bits per heavy atom. The van der Waals surface area contributed by atoms with Crippen LogP contribution in [-0.2, 0) is 22.4 Å². The predicted molar refractivity (Wildman–Crippen MR) is 98.3 cm³/mol. The van der Waals surface area contributed by atoms with Crippen LogP contribution in [0.2, 0.25) is 0 Å². The Bertz CT molecular complexity index is 777. The van der Waals surface area contributed by atoms with E-state index in [0.717, 1.165) is 25.3 Å². The summed E-state index contributed by atoms with van der Waals surface area (Å²) in [5.74, 6) is 0.636. The summed E-state index contributed by atoms with van der Waals surface area (Å²) in [7, 11) is 3.16. The molecule has 2 N–H and O–H groups in total. The van der Waals surface area contributed by atoms with Gasteiger partial charge in [-0.2, -0.15) is 0 Å². The summed E-state index contributed by atoms with van der Waals surface area (Å²) in [5.41, 5.74) is 1.08. The fourth-order valence-electron chi connectivity index (χ4n) is 4.76. The van der Waals surface area contributed by atoms with E-state index >= 15 is 0 Å². The van der Waals surface area contributed by atoms with Gasteiger partial charge in [0.25, 0.3) is 11.5 Å². The smallest absolute Gasteiger partial charge is 0.257 e. The summed E-state index contributed by atoms with van der Waals surface area (Å²) in [6, 6.07) is 1.43. The minimum absolute atomic E-state index is 0.0196. The molecule has 1 aromatic heterocycles. The van der Waals surface area contributed by atoms with Gasteiger partial charge in [0.15, 0.2) is 0 Å². The number of ether oxygens (including phenoxy) is 3. The van der Waals surface area contributed by atoms with Gasteiger partial charge in [-0.05, 0) is 6.42 Å². The minimum Gasteiger partial charge on any atom is -0.496 e. The van der Waals surface area contributed by atoms with E-state index in [4.69, 9.17) is 14.2 Å². The molecule has 1 aliphatic carbocycles. The molecule has 0 bridgehead atoms. The number of nitrogens with zero attached hydrogens (tertiary/aromatic N) is 1. The van der Waals surface area contributed by atoms with Crippen LogP contribution < -0.4 is 20.9 Å². The van der Waals surface area contributed by atoms with Crippen LogP contribution in [0.1, 0.15) is 22.5 Å². The fraction of sp³-hybridized carbons (Fsp3) is 0.684. The highest BCUT2D eigenvalue weighted by atomic mass is 16.5. The molecule has 3 heterocycles. The molecule has 8 heteroatoms. The van der Waals surface area contributed by atoms with Crippen LogP contribution in [0.5, 0.6) is 5.75 Å². The van der Waals surface area contributed by atoms with Crippen molar-refractivity contribution in [2.75, 3.05) is 40.5 Å². The third kappa shape index (κ3) is 3.15. The molecule has 8 nitrogen and oxygen atoms in total. The molecule has 4 rings (SSSR count). The molecule has 2 fully saturated rings. The van der Waals surface area contributed by atoms with Crippen molar-refractivity contribution in [2.45, 2.75) is 31.5 Å². The molecule has 27 heavy (non-hydrogen) atoms. The van der Waals surface area contributed by atoms with Gasteiger partial charge in [0.1, 0.15) is 11.3 Å². The first-order valence-electron chi connectivity index (χ1n) is 9.58. The Balaban J connectivity index is 1.64. The second-order valence-electron chi connectivity index (χ2n) is 7.43. The van der Waals surface area contributed by atoms with Crippen LogP contribution in [-0.4, -0.2) is 63.1 Å². The molecule has 1 saturated heterocycles. The number of pyridine rings is 1. The van der Waals surface area contributed by atoms with Crippen LogP contribution in [0.25, 0.3) is 0 Å². The van der Waals surface area contributed by atoms with E-state index in [1.807, 2.05) is 0 Å². The Labute approximate surface area is 158 Å². The van der Waals surface area contributed by atoms with E-state index in [9.17, 15) is 9.59 Å². The maximum absolute atomic E-state index is 13.3. The van der Waals surface area contributed by atoms with Crippen molar-refractivity contribution in [1.29, 1.82) is 0 Å². The van der Waals surface area contributed by atoms with Crippen LogP contribution in [0, 0.1) is 11.8 Å². The standard InChI is InChI=1S/C19H27N3O5/c1-25-10-12-17(11-4-8-27-18(11)12)21-19(24)16-13-3-5-20-6-7-22(13)15(23)9-14(16)26-2/h9,11-12,17-18,20H,3-8,10H2,1-2H3,(H,21,24)/t11-,12+,17-,18-/m0/s1. The first kappa shape index (κ1) is 18.5. The van der Waals surface area contributed by atoms with Gasteiger partial charge in [-0.3, -0.25) is 9.59 Å². The van der Waals surface area contributed by atoms with E-state index in [1.54, 1.807) is 11.7 Å². The molecule has 148 valence electrons. The highest BCUT2D eigenvalue weighted by Crippen LogP contribution is 2.44. The number of carbonyl (C=O) groups excluding carboxylic acids is 1. The number of hydrogen-bond acceptors (Lipinski definition) is 6. The number of rotatable bonds is 5. The zero-order valence-electron chi connectivity index (χ0n) is 15.8. The summed E-state index contributed by atoms with van der Waals surface area (Å²) < 4.78 is 18.2. The third-order valence-corrected chi connectivity index (χ3v) is 6.06. The van der Waals surface area contributed by atoms with Crippen molar-refractivity contribution in [1.82, 2.24) is 15.2 Å². The van der Waals surface area contributed by atoms with Crippen molar-refractivity contribution in [3.63, 3.8) is 0 Å². The first-order chi connectivity index (χ1) is 13.2. The predicted octanol–water partition coefficient (Wildman–Crippen LogP) is -0.218. The van der Waals surface area contributed by atoms with Crippen molar-refractivity contribution >= 4 is 5.91 Å². The van der Waals surface area contributed by atoms with E-state index < -0.39 is 0 Å². The molecule has 0 unspecified atom stereocenters. The van der Waals surface area contributed by atoms with Crippen molar-refractivity contribution in [3.8, 4) is 5.75 Å². The zero-order valence-corrected chi connectivity index (χ0v) is 15.8. The lowest BCUT2D eigenvalue weighted by molar-refractivity contribution is -0.0809. The van der Waals surface area contributed by atoms with Crippen LogP contribution >= 0.6 is 0 Å². The molecule has 1 amide bonds. The zero-order chi connectivity index (χ0) is 19.0. The Kier molecular flexibility index (Phi) is 5.21. The minimum atomic E-state index is -0.186. The number of carbonyl (C=O) groups is 1. The lowest BCUT2D eigenvalue weighted by Gasteiger charge is -2.47. The van der Waals surface area contributed by atoms with E-state index in [2.05, 4.69) is 10.6 Å². The molecule has 2 aliphatic heterocycles. The van der Waals surface area contributed by atoms with Crippen LogP contribution in [0.4, 0.5) is 0 Å². The Morgan fingerprint density at radius 2 is 2.26 bits per heavy atom. The summed E-state index contributed by atoms with van der Waals surface area (Å²) in [4.78, 5) is 25.7. The third-order valence-electron chi connectivity index (χ3n) is 6.06. The number of amides is 1. The number of fused-ring (bicyclic) bond motifs is 2. The van der Waals surface area contributed by atoms with Gasteiger partial charge >= 0.3 is 0 Å². The summed E-state index contributed by atoms with van der Waals surface area (Å²) in [5, 5.41) is 6.47. The molecular weight excluding hydrogens is 350 g/mol. The number of aromatic nitrogens is 1. The molecular formula is C19H27N3O5. The van der Waals surface area contributed by atoms with Gasteiger partial charge in [-0.25, -0.2) is 0 Å². The van der Waals surface area contributed by atoms with Crippen molar-refractivity contribution in [2.24, 2.45) is 11.8 Å². The molecule has 3 aliphatic rings. The topological polar surface area (TPSA) is 90.8 Å². The van der Waals surface area contributed by atoms with Gasteiger partial charge in [0.2, 0.25) is 0 Å². The quantitative estimate of drug-likeness (QED) is 0.738. The van der Waals surface area contributed by atoms with E-state index in [-0.39, 0.29) is 29.5 Å². The van der Waals surface area contributed by atoms with Gasteiger partial charge in [0, 0.05) is 69.4 Å². The lowest BCUT2D eigenvalue weighted by Crippen LogP contribution is -2.62. The highest BCUT2D eigenvalue weighted by molar-refractivity contribution is 5.98. The van der Waals surface area contributed by atoms with Crippen molar-refractivity contribution in [3.05, 3.63) is 27.7 Å². The molecule has 4 atom stereocenters. The van der Waals surface area contributed by atoms with Gasteiger partial charge < -0.3 is 29.4 Å². The number of methoxy groups -OCH3 is 2. The second kappa shape index (κ2) is 7.61. The molecule has 1 aromatic rings. The summed E-state index contributed by atoms with van der Waals surface area (Å²) >= 11 is 0. The SMILES string of the molecule is COC[C@@H]1[C@@H](NC(=O)c2c(OC)cc(=O)n3c2CCNCC3)[C@@H]2CCO[C@H]12. The Morgan fingerprint density at radius 1 is 1.41 bits per heavy atom. The Hall–Kier alpha value is -1.90. The maximum atomic E-state index is 13.3. The number of hydrogen-bond donors (Lipinski definition) is 2. The lowest BCUT2D eigenvalue weighted by atomic mass is 9.67. The summed E-state index contributed by atoms with van der Waals surface area (Å²) in [6.45, 7) is 3.26. The average Bonchev–Trinajstić information content (AvgIpc) is 2.93. The van der Waals surface area contributed by atoms with Crippen LogP contribution in [0.15, 0.2) is 10.9 Å². The largest absolute Gasteiger partial charge is 0.496 e. The van der Waals surface area contributed by atoms with Gasteiger partial charge in [-0.1, -0.05) is 0 Å². The number of nitrogens with one attached hydrogen (secondary N) is 2. The maximum Gasteiger partial charge on any atom is 0.257 e. The normalized spacial score (nSPS) is 29.3. The molecule has 0 radical (unpaired) electrons. The fourth-order valence-corrected chi connectivity index (χ4v) is 4.76. The van der Waals surface area contributed by atoms with Gasteiger partial charge in [0.05, 0.1) is 19.8 Å².